The average Bonchev–Trinajstić information content (AvgIpc) is 2.67. The number of piperazine rings is 1. The average molecular weight is 398 g/mol. The molecule has 4 saturated carbocycles. The summed E-state index contributed by atoms with van der Waals surface area (Å²) in [6.07, 6.45) is 7.21. The lowest BCUT2D eigenvalue weighted by atomic mass is 9.49. The van der Waals surface area contributed by atoms with E-state index in [-0.39, 0.29) is 5.41 Å². The predicted octanol–water partition coefficient (Wildman–Crippen LogP) is 0.924. The van der Waals surface area contributed by atoms with E-state index in [0.29, 0.717) is 58.4 Å². The zero-order chi connectivity index (χ0) is 18.6. The topological polar surface area (TPSA) is 70.2 Å². The molecule has 6 fully saturated rings. The molecule has 0 spiro atoms. The Morgan fingerprint density at radius 2 is 1.26 bits per heavy atom. The third-order valence-corrected chi connectivity index (χ3v) is 9.68. The summed E-state index contributed by atoms with van der Waals surface area (Å²) in [5.41, 5.74) is -0.125. The molecule has 8 heteroatoms. The molecule has 0 unspecified atom stereocenters. The Kier molecular flexibility index (Phi) is 4.53. The maximum absolute atomic E-state index is 13.4. The summed E-state index contributed by atoms with van der Waals surface area (Å²) in [6.45, 7) is 3.67. The van der Waals surface area contributed by atoms with Crippen molar-refractivity contribution in [2.45, 2.75) is 38.5 Å². The highest BCUT2D eigenvalue weighted by Gasteiger charge is 2.55. The fourth-order valence-electron chi connectivity index (χ4n) is 6.77. The second kappa shape index (κ2) is 6.68. The van der Waals surface area contributed by atoms with Crippen LogP contribution in [0.3, 0.4) is 0 Å². The number of nitrogens with zero attached hydrogens (tertiary/aromatic N) is 3. The molecule has 4 aliphatic carbocycles. The van der Waals surface area contributed by atoms with Gasteiger partial charge >= 0.3 is 0 Å². The van der Waals surface area contributed by atoms with E-state index < -0.39 is 10.2 Å². The number of rotatable bonds is 3. The highest BCUT2D eigenvalue weighted by molar-refractivity contribution is 7.86. The van der Waals surface area contributed by atoms with Gasteiger partial charge in [0.1, 0.15) is 0 Å². The second-order valence-corrected chi connectivity index (χ2v) is 11.3. The molecule has 0 aromatic carbocycles. The second-order valence-electron chi connectivity index (χ2n) is 9.41. The molecular weight excluding hydrogens is 366 g/mol. The van der Waals surface area contributed by atoms with Crippen molar-refractivity contribution in [1.29, 1.82) is 0 Å². The van der Waals surface area contributed by atoms with E-state index in [4.69, 9.17) is 4.74 Å². The molecule has 7 nitrogen and oxygen atoms in total. The van der Waals surface area contributed by atoms with E-state index in [0.717, 1.165) is 37.0 Å². The summed E-state index contributed by atoms with van der Waals surface area (Å²) in [4.78, 5) is 15.4. The lowest BCUT2D eigenvalue weighted by molar-refractivity contribution is -0.158. The van der Waals surface area contributed by atoms with Crippen LogP contribution >= 0.6 is 0 Å². The first-order valence-corrected chi connectivity index (χ1v) is 12.0. The zero-order valence-corrected chi connectivity index (χ0v) is 16.8. The van der Waals surface area contributed by atoms with Crippen molar-refractivity contribution in [3.8, 4) is 0 Å². The van der Waals surface area contributed by atoms with Crippen LogP contribution in [0, 0.1) is 23.2 Å². The van der Waals surface area contributed by atoms with Crippen molar-refractivity contribution in [2.75, 3.05) is 52.5 Å². The van der Waals surface area contributed by atoms with Crippen molar-refractivity contribution in [2.24, 2.45) is 23.2 Å². The molecule has 1 amide bonds. The van der Waals surface area contributed by atoms with Crippen LogP contribution in [0.2, 0.25) is 0 Å². The van der Waals surface area contributed by atoms with Gasteiger partial charge in [-0.1, -0.05) is 0 Å². The monoisotopic (exact) mass is 397 g/mol. The molecule has 0 atom stereocenters. The lowest BCUT2D eigenvalue weighted by Gasteiger charge is -2.57. The number of hydrogen-bond donors (Lipinski definition) is 0. The summed E-state index contributed by atoms with van der Waals surface area (Å²) in [5, 5.41) is 0. The molecule has 0 N–H and O–H groups in total. The summed E-state index contributed by atoms with van der Waals surface area (Å²) in [7, 11) is -3.43. The van der Waals surface area contributed by atoms with Crippen LogP contribution < -0.4 is 0 Å². The van der Waals surface area contributed by atoms with Gasteiger partial charge in [0.2, 0.25) is 5.91 Å². The first-order valence-electron chi connectivity index (χ1n) is 10.6. The quantitative estimate of drug-likeness (QED) is 0.710. The molecular formula is C19H31N3O4S. The number of amides is 1. The molecule has 0 aromatic rings. The predicted molar refractivity (Wildman–Crippen MR) is 100 cm³/mol. The highest BCUT2D eigenvalue weighted by Crippen LogP contribution is 2.60. The Balaban J connectivity index is 1.24. The van der Waals surface area contributed by atoms with E-state index in [1.54, 1.807) is 4.31 Å². The molecule has 27 heavy (non-hydrogen) atoms. The zero-order valence-electron chi connectivity index (χ0n) is 16.0. The van der Waals surface area contributed by atoms with E-state index in [1.165, 1.54) is 23.6 Å². The van der Waals surface area contributed by atoms with Crippen LogP contribution in [0.1, 0.15) is 38.5 Å². The van der Waals surface area contributed by atoms with Crippen LogP contribution in [-0.4, -0.2) is 80.3 Å². The summed E-state index contributed by atoms with van der Waals surface area (Å²) in [6, 6.07) is 0. The van der Waals surface area contributed by atoms with E-state index in [1.807, 2.05) is 4.90 Å². The maximum Gasteiger partial charge on any atom is 0.282 e. The van der Waals surface area contributed by atoms with E-state index in [2.05, 4.69) is 0 Å². The third-order valence-electron chi connectivity index (χ3n) is 7.64. The molecule has 6 aliphatic rings. The van der Waals surface area contributed by atoms with Crippen molar-refractivity contribution < 1.29 is 17.9 Å². The summed E-state index contributed by atoms with van der Waals surface area (Å²) >= 11 is 0. The van der Waals surface area contributed by atoms with Crippen molar-refractivity contribution in [3.05, 3.63) is 0 Å². The SMILES string of the molecule is O=C(N1CCN(S(=O)(=O)N2CCOCC2)CC1)C12CC3CC(CC(C3)C1)C2. The van der Waals surface area contributed by atoms with Crippen molar-refractivity contribution in [3.63, 3.8) is 0 Å². The minimum absolute atomic E-state index is 0.125. The standard InChI is InChI=1S/C19H31N3O4S/c23-18(19-12-15-9-16(13-19)11-17(10-15)14-19)20-1-3-21(4-2-20)27(24,25)22-5-7-26-8-6-22/h15-17H,1-14H2. The number of carbonyl (C=O) groups excluding carboxylic acids is 1. The van der Waals surface area contributed by atoms with Crippen LogP contribution in [-0.2, 0) is 19.7 Å². The molecule has 152 valence electrons. The smallest absolute Gasteiger partial charge is 0.282 e. The molecule has 6 rings (SSSR count). The minimum Gasteiger partial charge on any atom is -0.379 e. The van der Waals surface area contributed by atoms with Gasteiger partial charge in [0.25, 0.3) is 10.2 Å². The number of carbonyl (C=O) groups is 1. The molecule has 2 saturated heterocycles. The fraction of sp³-hybridized carbons (Fsp3) is 0.947. The Hall–Kier alpha value is -0.700. The molecule has 2 aliphatic heterocycles. The lowest BCUT2D eigenvalue weighted by Crippen LogP contribution is -2.60. The van der Waals surface area contributed by atoms with Gasteiger partial charge in [0.05, 0.1) is 18.6 Å². The van der Waals surface area contributed by atoms with Crippen LogP contribution in [0.4, 0.5) is 0 Å². The van der Waals surface area contributed by atoms with Gasteiger partial charge in [0.15, 0.2) is 0 Å². The number of hydrogen-bond acceptors (Lipinski definition) is 4. The minimum atomic E-state index is -3.43. The molecule has 0 radical (unpaired) electrons. The van der Waals surface area contributed by atoms with Crippen molar-refractivity contribution >= 4 is 16.1 Å². The van der Waals surface area contributed by atoms with E-state index >= 15 is 0 Å². The van der Waals surface area contributed by atoms with Crippen LogP contribution in [0.25, 0.3) is 0 Å². The van der Waals surface area contributed by atoms with Crippen LogP contribution in [0.15, 0.2) is 0 Å². The van der Waals surface area contributed by atoms with Crippen molar-refractivity contribution in [1.82, 2.24) is 13.5 Å². The van der Waals surface area contributed by atoms with Gasteiger partial charge in [-0.2, -0.15) is 17.0 Å². The molecule has 2 heterocycles. The van der Waals surface area contributed by atoms with Gasteiger partial charge in [0, 0.05) is 39.3 Å². The molecule has 4 bridgehead atoms. The highest BCUT2D eigenvalue weighted by atomic mass is 32.2. The van der Waals surface area contributed by atoms with E-state index in [9.17, 15) is 13.2 Å². The number of ether oxygens (including phenoxy) is 1. The van der Waals surface area contributed by atoms with Gasteiger partial charge in [-0.15, -0.1) is 0 Å². The Labute approximate surface area is 162 Å². The molecule has 0 aromatic heterocycles. The summed E-state index contributed by atoms with van der Waals surface area (Å²) < 4.78 is 34.0. The maximum atomic E-state index is 13.4. The van der Waals surface area contributed by atoms with Gasteiger partial charge in [-0.25, -0.2) is 0 Å². The largest absolute Gasteiger partial charge is 0.379 e. The first-order chi connectivity index (χ1) is 13.0. The van der Waals surface area contributed by atoms with Gasteiger partial charge in [-0.05, 0) is 56.3 Å². The Morgan fingerprint density at radius 3 is 1.78 bits per heavy atom. The van der Waals surface area contributed by atoms with Gasteiger partial charge in [-0.3, -0.25) is 4.79 Å². The first kappa shape index (κ1) is 18.3. The Bertz CT molecular complexity index is 660. The van der Waals surface area contributed by atoms with Crippen LogP contribution in [0.5, 0.6) is 0 Å². The number of morpholine rings is 1. The summed E-state index contributed by atoms with van der Waals surface area (Å²) in [5.74, 6) is 2.58. The fourth-order valence-corrected chi connectivity index (χ4v) is 8.33. The third kappa shape index (κ3) is 3.12. The van der Waals surface area contributed by atoms with Gasteiger partial charge < -0.3 is 9.64 Å². The normalized spacial score (nSPS) is 40.4. The Morgan fingerprint density at radius 1 is 0.778 bits per heavy atom.